The molecule has 5 heteroatoms. The summed E-state index contributed by atoms with van der Waals surface area (Å²) in [5.41, 5.74) is 0.0171. The Labute approximate surface area is 119 Å². The number of carbonyl (C=O) groups is 1. The fourth-order valence-electron chi connectivity index (χ4n) is 2.13. The van der Waals surface area contributed by atoms with Crippen LogP contribution in [0.1, 0.15) is 36.0 Å². The molecular formula is C13H14BrClFNO. The van der Waals surface area contributed by atoms with Gasteiger partial charge in [0.15, 0.2) is 0 Å². The molecule has 1 aliphatic rings. The van der Waals surface area contributed by atoms with Crippen LogP contribution in [0.3, 0.4) is 0 Å². The van der Waals surface area contributed by atoms with E-state index in [4.69, 9.17) is 11.6 Å². The van der Waals surface area contributed by atoms with Crippen molar-refractivity contribution in [2.75, 3.05) is 0 Å². The van der Waals surface area contributed by atoms with Gasteiger partial charge in [-0.05, 0) is 43.9 Å². The van der Waals surface area contributed by atoms with E-state index in [0.717, 1.165) is 25.7 Å². The largest absolute Gasteiger partial charge is 0.349 e. The van der Waals surface area contributed by atoms with Crippen LogP contribution in [0.15, 0.2) is 18.2 Å². The van der Waals surface area contributed by atoms with Crippen LogP contribution in [0.5, 0.6) is 0 Å². The Kier molecular flexibility index (Phi) is 4.62. The fraction of sp³-hybridized carbons (Fsp3) is 0.462. The topological polar surface area (TPSA) is 29.1 Å². The van der Waals surface area contributed by atoms with Crippen molar-refractivity contribution in [3.8, 4) is 0 Å². The predicted molar refractivity (Wildman–Crippen MR) is 73.8 cm³/mol. The second-order valence-corrected chi connectivity index (χ2v) is 6.28. The van der Waals surface area contributed by atoms with Gasteiger partial charge in [-0.2, -0.15) is 0 Å². The summed E-state index contributed by atoms with van der Waals surface area (Å²) in [5, 5.41) is 3.23. The minimum atomic E-state index is -0.536. The summed E-state index contributed by atoms with van der Waals surface area (Å²) in [4.78, 5) is 12.5. The number of alkyl halides is 1. The molecule has 18 heavy (non-hydrogen) atoms. The Morgan fingerprint density at radius 1 is 1.33 bits per heavy atom. The van der Waals surface area contributed by atoms with E-state index in [1.807, 2.05) is 0 Å². The standard InChI is InChI=1S/C13H14BrClFNO/c14-8-1-4-10(5-2-8)17-13(18)11-7-9(15)3-6-12(11)16/h3,6-8,10H,1-2,4-5H2,(H,17,18). The zero-order chi connectivity index (χ0) is 13.1. The maximum atomic E-state index is 13.5. The first kappa shape index (κ1) is 13.8. The predicted octanol–water partition coefficient (Wildman–Crippen LogP) is 3.92. The molecule has 1 aromatic carbocycles. The molecule has 0 bridgehead atoms. The van der Waals surface area contributed by atoms with Gasteiger partial charge in [-0.1, -0.05) is 27.5 Å². The van der Waals surface area contributed by atoms with Crippen LogP contribution in [-0.4, -0.2) is 16.8 Å². The second-order valence-electron chi connectivity index (χ2n) is 4.55. The highest BCUT2D eigenvalue weighted by molar-refractivity contribution is 9.09. The Hall–Kier alpha value is -0.610. The molecule has 0 radical (unpaired) electrons. The van der Waals surface area contributed by atoms with E-state index < -0.39 is 5.82 Å². The number of amides is 1. The molecule has 0 saturated heterocycles. The first-order valence-electron chi connectivity index (χ1n) is 5.96. The van der Waals surface area contributed by atoms with E-state index in [-0.39, 0.29) is 17.5 Å². The molecule has 0 unspecified atom stereocenters. The highest BCUT2D eigenvalue weighted by atomic mass is 79.9. The smallest absolute Gasteiger partial charge is 0.254 e. The van der Waals surface area contributed by atoms with Gasteiger partial charge < -0.3 is 5.32 Å². The summed E-state index contributed by atoms with van der Waals surface area (Å²) in [5.74, 6) is -0.918. The van der Waals surface area contributed by atoms with Gasteiger partial charge in [-0.15, -0.1) is 0 Å². The van der Waals surface area contributed by atoms with Crippen LogP contribution in [0.4, 0.5) is 4.39 Å². The summed E-state index contributed by atoms with van der Waals surface area (Å²) < 4.78 is 13.5. The first-order valence-corrected chi connectivity index (χ1v) is 7.25. The van der Waals surface area contributed by atoms with Gasteiger partial charge in [0.25, 0.3) is 5.91 Å². The van der Waals surface area contributed by atoms with Crippen molar-refractivity contribution in [1.29, 1.82) is 0 Å². The van der Waals surface area contributed by atoms with Gasteiger partial charge in [0.2, 0.25) is 0 Å². The van der Waals surface area contributed by atoms with Crippen LogP contribution in [0, 0.1) is 5.82 Å². The lowest BCUT2D eigenvalue weighted by molar-refractivity contribution is 0.0924. The Bertz CT molecular complexity index is 447. The minimum absolute atomic E-state index is 0.0171. The Balaban J connectivity index is 2.01. The molecule has 2 nitrogen and oxygen atoms in total. The summed E-state index contributed by atoms with van der Waals surface area (Å²) in [6.07, 6.45) is 3.90. The fourth-order valence-corrected chi connectivity index (χ4v) is 2.83. The molecular weight excluding hydrogens is 321 g/mol. The normalized spacial score (nSPS) is 23.7. The minimum Gasteiger partial charge on any atom is -0.349 e. The zero-order valence-electron chi connectivity index (χ0n) is 9.76. The number of hydrogen-bond donors (Lipinski definition) is 1. The van der Waals surface area contributed by atoms with E-state index >= 15 is 0 Å². The summed E-state index contributed by atoms with van der Waals surface area (Å²) in [6.45, 7) is 0. The van der Waals surface area contributed by atoms with Gasteiger partial charge in [0, 0.05) is 15.9 Å². The maximum Gasteiger partial charge on any atom is 0.254 e. The van der Waals surface area contributed by atoms with E-state index in [1.165, 1.54) is 18.2 Å². The van der Waals surface area contributed by atoms with Crippen molar-refractivity contribution < 1.29 is 9.18 Å². The zero-order valence-corrected chi connectivity index (χ0v) is 12.1. The molecule has 1 N–H and O–H groups in total. The molecule has 0 atom stereocenters. The monoisotopic (exact) mass is 333 g/mol. The Morgan fingerprint density at radius 2 is 2.00 bits per heavy atom. The molecule has 2 rings (SSSR count). The third kappa shape index (κ3) is 3.45. The molecule has 1 fully saturated rings. The van der Waals surface area contributed by atoms with Crippen molar-refractivity contribution >= 4 is 33.4 Å². The van der Waals surface area contributed by atoms with Crippen molar-refractivity contribution in [3.05, 3.63) is 34.6 Å². The molecule has 1 saturated carbocycles. The highest BCUT2D eigenvalue weighted by Gasteiger charge is 2.22. The summed E-state index contributed by atoms with van der Waals surface area (Å²) in [7, 11) is 0. The molecule has 0 spiro atoms. The summed E-state index contributed by atoms with van der Waals surface area (Å²) in [6, 6.07) is 4.14. The molecule has 0 heterocycles. The van der Waals surface area contributed by atoms with E-state index in [2.05, 4.69) is 21.2 Å². The van der Waals surface area contributed by atoms with Crippen LogP contribution < -0.4 is 5.32 Å². The number of rotatable bonds is 2. The molecule has 1 aromatic rings. The number of benzene rings is 1. The number of nitrogens with one attached hydrogen (secondary N) is 1. The average molecular weight is 335 g/mol. The second kappa shape index (κ2) is 6.02. The highest BCUT2D eigenvalue weighted by Crippen LogP contribution is 2.24. The average Bonchev–Trinajstić information content (AvgIpc) is 2.35. The molecule has 0 aromatic heterocycles. The van der Waals surface area contributed by atoms with Crippen LogP contribution in [-0.2, 0) is 0 Å². The van der Waals surface area contributed by atoms with Gasteiger partial charge in [-0.3, -0.25) is 4.79 Å². The lowest BCUT2D eigenvalue weighted by atomic mass is 9.95. The Morgan fingerprint density at radius 3 is 2.67 bits per heavy atom. The van der Waals surface area contributed by atoms with Crippen LogP contribution in [0.25, 0.3) is 0 Å². The molecule has 98 valence electrons. The lowest BCUT2D eigenvalue weighted by Gasteiger charge is -2.26. The number of carbonyl (C=O) groups excluding carboxylic acids is 1. The van der Waals surface area contributed by atoms with Crippen molar-refractivity contribution in [2.45, 2.75) is 36.6 Å². The van der Waals surface area contributed by atoms with E-state index in [9.17, 15) is 9.18 Å². The van der Waals surface area contributed by atoms with Crippen molar-refractivity contribution in [2.24, 2.45) is 0 Å². The van der Waals surface area contributed by atoms with Gasteiger partial charge in [-0.25, -0.2) is 4.39 Å². The quantitative estimate of drug-likeness (QED) is 0.816. The maximum absolute atomic E-state index is 13.5. The van der Waals surface area contributed by atoms with E-state index in [1.54, 1.807) is 0 Å². The summed E-state index contributed by atoms with van der Waals surface area (Å²) >= 11 is 9.33. The van der Waals surface area contributed by atoms with Gasteiger partial charge >= 0.3 is 0 Å². The van der Waals surface area contributed by atoms with Crippen molar-refractivity contribution in [3.63, 3.8) is 0 Å². The SMILES string of the molecule is O=C(NC1CCC(Br)CC1)c1cc(Cl)ccc1F. The van der Waals surface area contributed by atoms with E-state index in [0.29, 0.717) is 9.85 Å². The molecule has 1 aliphatic carbocycles. The van der Waals surface area contributed by atoms with Crippen LogP contribution >= 0.6 is 27.5 Å². The number of halogens is 3. The first-order chi connectivity index (χ1) is 8.56. The van der Waals surface area contributed by atoms with Crippen molar-refractivity contribution in [1.82, 2.24) is 5.32 Å². The molecule has 0 aliphatic heterocycles. The van der Waals surface area contributed by atoms with Gasteiger partial charge in [0.05, 0.1) is 5.56 Å². The lowest BCUT2D eigenvalue weighted by Crippen LogP contribution is -2.38. The molecule has 1 amide bonds. The third-order valence-corrected chi connectivity index (χ3v) is 4.32. The van der Waals surface area contributed by atoms with Gasteiger partial charge in [0.1, 0.15) is 5.82 Å². The third-order valence-electron chi connectivity index (χ3n) is 3.16. The number of hydrogen-bond acceptors (Lipinski definition) is 1. The van der Waals surface area contributed by atoms with Crippen LogP contribution in [0.2, 0.25) is 5.02 Å².